The summed E-state index contributed by atoms with van der Waals surface area (Å²) in [5, 5.41) is 19.2. The van der Waals surface area contributed by atoms with Crippen molar-refractivity contribution >= 4 is 34.0 Å². The number of anilines is 1. The summed E-state index contributed by atoms with van der Waals surface area (Å²) < 4.78 is 0.717. The number of Topliss-reactive ketones (excluding diaryl/α,β-unsaturated/α-hetero) is 1. The Bertz CT molecular complexity index is 1240. The molecule has 0 radical (unpaired) electrons. The summed E-state index contributed by atoms with van der Waals surface area (Å²) in [5.74, 6) is 2.92. The summed E-state index contributed by atoms with van der Waals surface area (Å²) in [6.45, 7) is 6.14. The number of carbonyl (C=O) groups excluding carboxylic acids is 1. The molecule has 0 fully saturated rings. The van der Waals surface area contributed by atoms with Crippen LogP contribution in [0.4, 0.5) is 5.13 Å². The summed E-state index contributed by atoms with van der Waals surface area (Å²) >= 11 is 2.77. The van der Waals surface area contributed by atoms with Gasteiger partial charge in [0.2, 0.25) is 5.13 Å². The number of benzene rings is 1. The van der Waals surface area contributed by atoms with Crippen molar-refractivity contribution in [1.82, 2.24) is 10.2 Å². The average Bonchev–Trinajstić information content (AvgIpc) is 3.19. The van der Waals surface area contributed by atoms with Gasteiger partial charge in [-0.25, -0.2) is 0 Å². The van der Waals surface area contributed by atoms with E-state index in [0.29, 0.717) is 45.0 Å². The summed E-state index contributed by atoms with van der Waals surface area (Å²) in [5.41, 5.74) is 10.1. The van der Waals surface area contributed by atoms with Gasteiger partial charge >= 0.3 is 0 Å². The number of nitriles is 1. The minimum atomic E-state index is -0.487. The van der Waals surface area contributed by atoms with Gasteiger partial charge < -0.3 is 5.73 Å². The molecule has 2 N–H and O–H groups in total. The highest BCUT2D eigenvalue weighted by Crippen LogP contribution is 2.51. The second-order valence-corrected chi connectivity index (χ2v) is 10.9. The Kier molecular flexibility index (Phi) is 5.85. The Balaban J connectivity index is 1.94. The van der Waals surface area contributed by atoms with Crippen LogP contribution in [0, 0.1) is 36.0 Å². The zero-order valence-electron chi connectivity index (χ0n) is 18.2. The second kappa shape index (κ2) is 8.46. The van der Waals surface area contributed by atoms with E-state index in [1.807, 2.05) is 31.2 Å². The highest BCUT2D eigenvalue weighted by molar-refractivity contribution is 8.01. The van der Waals surface area contributed by atoms with Crippen molar-refractivity contribution < 1.29 is 4.79 Å². The quantitative estimate of drug-likeness (QED) is 0.528. The van der Waals surface area contributed by atoms with Gasteiger partial charge in [0.1, 0.15) is 5.82 Å². The minimum Gasteiger partial charge on any atom is -0.384 e. The summed E-state index contributed by atoms with van der Waals surface area (Å²) in [6, 6.07) is 10.1. The number of hydrogen-bond donors (Lipinski definition) is 1. The number of nitrogens with zero attached hydrogens (tertiary/aromatic N) is 4. The van der Waals surface area contributed by atoms with Gasteiger partial charge in [0.15, 0.2) is 10.1 Å². The SMILES string of the molecule is C#CCSc1nnc(N2C(N)=C(C#N)C(c3ccccc3C)C3=C2CC(C)(C)CC3=O)s1. The van der Waals surface area contributed by atoms with E-state index in [1.54, 1.807) is 4.90 Å². The van der Waals surface area contributed by atoms with E-state index in [9.17, 15) is 10.1 Å². The zero-order chi connectivity index (χ0) is 23.0. The van der Waals surface area contributed by atoms with Crippen molar-refractivity contribution in [3.05, 3.63) is 58.1 Å². The topological polar surface area (TPSA) is 95.9 Å². The van der Waals surface area contributed by atoms with Gasteiger partial charge in [-0.15, -0.1) is 16.6 Å². The van der Waals surface area contributed by atoms with E-state index in [4.69, 9.17) is 12.2 Å². The molecule has 162 valence electrons. The summed E-state index contributed by atoms with van der Waals surface area (Å²) in [6.07, 6.45) is 6.42. The molecule has 1 aliphatic heterocycles. The van der Waals surface area contributed by atoms with Crippen LogP contribution in [0.2, 0.25) is 0 Å². The van der Waals surface area contributed by atoms with Crippen molar-refractivity contribution in [3.63, 3.8) is 0 Å². The molecule has 8 heteroatoms. The summed E-state index contributed by atoms with van der Waals surface area (Å²) in [4.78, 5) is 15.3. The first-order valence-electron chi connectivity index (χ1n) is 10.2. The standard InChI is InChI=1S/C24H23N5OS2/c1-5-10-31-23-28-27-22(32-23)29-17-11-24(3,4)12-18(30)20(17)19(16(13-25)21(29)26)15-9-7-6-8-14(15)2/h1,6-9,19H,10-12,26H2,2-4H3. The van der Waals surface area contributed by atoms with Crippen LogP contribution >= 0.6 is 23.1 Å². The first-order valence-corrected chi connectivity index (χ1v) is 12.0. The Hall–Kier alpha value is -3.07. The van der Waals surface area contributed by atoms with Crippen LogP contribution in [0.15, 0.2) is 51.3 Å². The highest BCUT2D eigenvalue weighted by Gasteiger charge is 2.45. The number of allylic oxidation sites excluding steroid dienone is 3. The number of aryl methyl sites for hydroxylation is 1. The molecule has 2 aromatic rings. The Morgan fingerprint density at radius 2 is 2.09 bits per heavy atom. The molecule has 1 aromatic heterocycles. The molecule has 1 atom stereocenters. The van der Waals surface area contributed by atoms with Crippen LogP contribution in [0.5, 0.6) is 0 Å². The number of aromatic nitrogens is 2. The first-order chi connectivity index (χ1) is 15.3. The van der Waals surface area contributed by atoms with Crippen LogP contribution in [-0.4, -0.2) is 21.7 Å². The Morgan fingerprint density at radius 1 is 1.34 bits per heavy atom. The third-order valence-electron chi connectivity index (χ3n) is 5.75. The zero-order valence-corrected chi connectivity index (χ0v) is 19.8. The maximum Gasteiger partial charge on any atom is 0.219 e. The van der Waals surface area contributed by atoms with Crippen LogP contribution in [0.3, 0.4) is 0 Å². The lowest BCUT2D eigenvalue weighted by atomic mass is 9.68. The van der Waals surface area contributed by atoms with E-state index in [0.717, 1.165) is 16.8 Å². The lowest BCUT2D eigenvalue weighted by molar-refractivity contribution is -0.118. The van der Waals surface area contributed by atoms with Crippen molar-refractivity contribution in [2.45, 2.75) is 43.9 Å². The highest BCUT2D eigenvalue weighted by atomic mass is 32.2. The third-order valence-corrected chi connectivity index (χ3v) is 7.69. The maximum absolute atomic E-state index is 13.5. The number of nitrogens with two attached hydrogens (primary N) is 1. The van der Waals surface area contributed by atoms with E-state index in [-0.39, 0.29) is 11.2 Å². The molecule has 0 spiro atoms. The average molecular weight is 462 g/mol. The van der Waals surface area contributed by atoms with Gasteiger partial charge in [-0.2, -0.15) is 5.26 Å². The molecule has 0 bridgehead atoms. The van der Waals surface area contributed by atoms with Gasteiger partial charge in [-0.1, -0.05) is 67.1 Å². The molecule has 32 heavy (non-hydrogen) atoms. The monoisotopic (exact) mass is 461 g/mol. The normalized spacial score (nSPS) is 20.1. The largest absolute Gasteiger partial charge is 0.384 e. The van der Waals surface area contributed by atoms with Crippen LogP contribution in [-0.2, 0) is 4.79 Å². The number of carbonyl (C=O) groups is 1. The maximum atomic E-state index is 13.5. The lowest BCUT2D eigenvalue weighted by Gasteiger charge is -2.42. The second-order valence-electron chi connectivity index (χ2n) is 8.68. The molecule has 2 aliphatic rings. The van der Waals surface area contributed by atoms with Gasteiger partial charge in [-0.3, -0.25) is 9.69 Å². The van der Waals surface area contributed by atoms with E-state index >= 15 is 0 Å². The van der Waals surface area contributed by atoms with Gasteiger partial charge in [0, 0.05) is 17.7 Å². The number of hydrogen-bond acceptors (Lipinski definition) is 8. The van der Waals surface area contributed by atoms with Gasteiger partial charge in [0.05, 0.1) is 23.3 Å². The smallest absolute Gasteiger partial charge is 0.219 e. The van der Waals surface area contributed by atoms with Gasteiger partial charge in [-0.05, 0) is 29.9 Å². The molecular weight excluding hydrogens is 438 g/mol. The molecule has 1 aromatic carbocycles. The van der Waals surface area contributed by atoms with Crippen LogP contribution in [0.25, 0.3) is 0 Å². The molecule has 0 amide bonds. The van der Waals surface area contributed by atoms with Crippen LogP contribution < -0.4 is 10.6 Å². The molecule has 2 heterocycles. The summed E-state index contributed by atoms with van der Waals surface area (Å²) in [7, 11) is 0. The third kappa shape index (κ3) is 3.81. The Labute approximate surface area is 196 Å². The van der Waals surface area contributed by atoms with E-state index in [2.05, 4.69) is 36.0 Å². The van der Waals surface area contributed by atoms with Crippen molar-refractivity contribution in [3.8, 4) is 18.4 Å². The molecule has 1 aliphatic carbocycles. The van der Waals surface area contributed by atoms with E-state index < -0.39 is 5.92 Å². The fraction of sp³-hybridized carbons (Fsp3) is 0.333. The Morgan fingerprint density at radius 3 is 2.78 bits per heavy atom. The molecule has 0 saturated heterocycles. The molecule has 4 rings (SSSR count). The first kappa shape index (κ1) is 22.1. The van der Waals surface area contributed by atoms with Gasteiger partial charge in [0.25, 0.3) is 0 Å². The van der Waals surface area contributed by atoms with Crippen molar-refractivity contribution in [2.75, 3.05) is 10.7 Å². The fourth-order valence-electron chi connectivity index (χ4n) is 4.40. The van der Waals surface area contributed by atoms with E-state index in [1.165, 1.54) is 23.1 Å². The number of ketones is 1. The number of thioether (sulfide) groups is 1. The molecule has 6 nitrogen and oxygen atoms in total. The molecule has 1 unspecified atom stereocenters. The van der Waals surface area contributed by atoms with Crippen molar-refractivity contribution in [2.24, 2.45) is 11.1 Å². The van der Waals surface area contributed by atoms with Crippen LogP contribution in [0.1, 0.15) is 43.7 Å². The lowest BCUT2D eigenvalue weighted by Crippen LogP contribution is -2.42. The predicted molar refractivity (Wildman–Crippen MR) is 128 cm³/mol. The fourth-order valence-corrected chi connectivity index (χ4v) is 5.96. The number of terminal acetylenes is 1. The number of rotatable bonds is 4. The minimum absolute atomic E-state index is 0.0428. The molecule has 0 saturated carbocycles. The predicted octanol–water partition coefficient (Wildman–Crippen LogP) is 4.51. The molecular formula is C24H23N5OS2. The van der Waals surface area contributed by atoms with Crippen molar-refractivity contribution in [1.29, 1.82) is 5.26 Å².